The number of phenolic OH excluding ortho intramolecular Hbond substituents is 2. The molecule has 0 saturated carbocycles. The minimum atomic E-state index is -0.990. The Morgan fingerprint density at radius 3 is 0.848 bits per heavy atom. The van der Waals surface area contributed by atoms with Crippen LogP contribution in [-0.2, 0) is 89.9 Å². The predicted octanol–water partition coefficient (Wildman–Crippen LogP) is 20.1. The van der Waals surface area contributed by atoms with Crippen molar-refractivity contribution in [1.29, 1.82) is 0 Å². The molecule has 0 aliphatic carbocycles. The Balaban J connectivity index is 0.000000306. The number of aromatic nitrogens is 9. The van der Waals surface area contributed by atoms with E-state index in [1.807, 2.05) is 262 Å². The number of para-hydroxylation sites is 6. The van der Waals surface area contributed by atoms with E-state index in [4.69, 9.17) is 44.5 Å². The van der Waals surface area contributed by atoms with Crippen LogP contribution in [0.4, 0.5) is 0 Å². The van der Waals surface area contributed by atoms with E-state index < -0.39 is 18.5 Å². The number of methoxy groups -OCH3 is 2. The zero-order chi connectivity index (χ0) is 86.7. The molecule has 5 heterocycles. The Morgan fingerprint density at radius 2 is 0.640 bits per heavy atom. The predicted molar refractivity (Wildman–Crippen MR) is 466 cm³/mol. The first kappa shape index (κ1) is 105. The number of benzene rings is 10. The minimum Gasteiger partial charge on any atom is -0.507 e. The van der Waals surface area contributed by atoms with Crippen LogP contribution in [0.3, 0.4) is 0 Å². The topological polar surface area (TPSA) is 319 Å². The SMILES string of the molecule is CN=Cc1ccccc1O.COC(O)CC(O)OC.Cc1cnc(-c2[c-]cc(Oc3ccccc3)cc2)c(C)n1.Cc1cnc(-c2[c-]cc(Oc3ccccc3)cc2)c(C)n1.Cc1cnc(-c2[c-]cc(Oc3ccccc3)cc2)c(C)n1.Cc1cnc(-c2[c-]cc(Oc3ccccc3)cc2)c(C)n1.O=C(O)c1ccccn1.O=Cc1ccccc1O.[Ir].[Ir].[Ir].[Ir]. The standard InChI is InChI=1S/4C18H15N2O.C8H9NO.C7H6O2.C6H5NO2.C5H12O4.4Ir/c4*1-13-12-19-18(14(2)20-13)15-8-10-17(11-9-15)21-16-6-4-3-5-7-16;1-9-6-7-4-2-3-5-8(7)10;8-5-6-3-1-2-4-7(6)9;8-6(9)5-3-1-2-4-7-5;1-8-4(6)3-5(7)9-2;;;;/h4*3-8,10-12H,1-2H3;2-6,10H,1H3;1-5,9H;1-4H,(H,8,9);4-7H,3H2,1-2H3;;;;/q4*-1;;;;;;;;. The van der Waals surface area contributed by atoms with E-state index in [1.165, 1.54) is 32.5 Å². The average Bonchev–Trinajstić information content (AvgIpc) is 0.844. The minimum absolute atomic E-state index is 0. The smallest absolute Gasteiger partial charge is 0.354 e. The molecule has 4 radical (unpaired) electrons. The summed E-state index contributed by atoms with van der Waals surface area (Å²) in [5, 5.41) is 43.7. The maximum atomic E-state index is 10.1. The molecular weight excluding hydrogens is 2290 g/mol. The molecule has 15 rings (SSSR count). The number of phenols is 2. The number of carbonyl (C=O) groups is 2. The summed E-state index contributed by atoms with van der Waals surface area (Å²) in [5.41, 5.74) is 15.5. The molecule has 5 aromatic heterocycles. The number of hydrogen-bond donors (Lipinski definition) is 5. The zero-order valence-corrected chi connectivity index (χ0v) is 79.6. The van der Waals surface area contributed by atoms with Gasteiger partial charge in [-0.3, -0.25) is 29.7 Å². The molecule has 2 atom stereocenters. The number of aromatic hydroxyl groups is 2. The van der Waals surface area contributed by atoms with Gasteiger partial charge in [0.1, 0.15) is 40.2 Å². The van der Waals surface area contributed by atoms with Gasteiger partial charge in [-0.15, -0.1) is 119 Å². The quantitative estimate of drug-likeness (QED) is 0.0217. The molecule has 652 valence electrons. The van der Waals surface area contributed by atoms with Crippen molar-refractivity contribution in [3.05, 3.63) is 378 Å². The van der Waals surface area contributed by atoms with Gasteiger partial charge >= 0.3 is 5.97 Å². The van der Waals surface area contributed by atoms with E-state index in [0.717, 1.165) is 142 Å². The molecule has 0 amide bonds. The third kappa shape index (κ3) is 37.0. The molecule has 10 aromatic carbocycles. The fourth-order valence-corrected chi connectivity index (χ4v) is 10.6. The summed E-state index contributed by atoms with van der Waals surface area (Å²) >= 11 is 0. The number of hydrogen-bond acceptors (Lipinski definition) is 22. The van der Waals surface area contributed by atoms with Gasteiger partial charge in [-0.2, -0.15) is 0 Å². The summed E-state index contributed by atoms with van der Waals surface area (Å²) in [4.78, 5) is 63.0. The summed E-state index contributed by atoms with van der Waals surface area (Å²) in [6.45, 7) is 15.6. The number of nitrogens with zero attached hydrogens (tertiary/aromatic N) is 10. The van der Waals surface area contributed by atoms with Gasteiger partial charge in [0.05, 0.1) is 28.3 Å². The molecule has 0 aliphatic heterocycles. The average molecular weight is 2390 g/mol. The first-order valence-electron chi connectivity index (χ1n) is 37.8. The van der Waals surface area contributed by atoms with E-state index in [-0.39, 0.29) is 104 Å². The Kier molecular flexibility index (Phi) is 48.1. The Morgan fingerprint density at radius 1 is 0.368 bits per heavy atom. The summed E-state index contributed by atoms with van der Waals surface area (Å²) in [5.74, 6) is 5.57. The van der Waals surface area contributed by atoms with Gasteiger partial charge in [-0.1, -0.05) is 103 Å². The van der Waals surface area contributed by atoms with Gasteiger partial charge in [-0.05, 0) is 140 Å². The van der Waals surface area contributed by atoms with Gasteiger partial charge in [0.25, 0.3) is 0 Å². The van der Waals surface area contributed by atoms with Crippen LogP contribution >= 0.6 is 0 Å². The van der Waals surface area contributed by atoms with Crippen LogP contribution in [-0.4, -0.2) is 123 Å². The third-order valence-corrected chi connectivity index (χ3v) is 16.4. The second kappa shape index (κ2) is 57.2. The van der Waals surface area contributed by atoms with Gasteiger partial charge in [0, 0.05) is 219 Å². The van der Waals surface area contributed by atoms with Crippen LogP contribution in [0.15, 0.2) is 297 Å². The van der Waals surface area contributed by atoms with Gasteiger partial charge < -0.3 is 73.9 Å². The van der Waals surface area contributed by atoms with Crippen LogP contribution in [0.5, 0.6) is 57.5 Å². The zero-order valence-electron chi connectivity index (χ0n) is 70.0. The molecule has 2 unspecified atom stereocenters. The van der Waals surface area contributed by atoms with Crippen molar-refractivity contribution in [2.45, 2.75) is 74.4 Å². The summed E-state index contributed by atoms with van der Waals surface area (Å²) in [6, 6.07) is 92.6. The Hall–Kier alpha value is -12.3. The number of aromatic carboxylic acids is 1. The number of ether oxygens (including phenoxy) is 6. The molecule has 0 saturated heterocycles. The number of aliphatic imine (C=N–C) groups is 1. The number of rotatable bonds is 19. The molecule has 125 heavy (non-hydrogen) atoms. The number of aliphatic hydroxyl groups excluding tert-OH is 2. The molecular formula is C98H92Ir4N10O13-4. The third-order valence-electron chi connectivity index (χ3n) is 16.4. The van der Waals surface area contributed by atoms with Crippen molar-refractivity contribution >= 4 is 18.5 Å². The van der Waals surface area contributed by atoms with E-state index in [2.05, 4.69) is 83.6 Å². The van der Waals surface area contributed by atoms with E-state index in [9.17, 15) is 9.59 Å². The van der Waals surface area contributed by atoms with Gasteiger partial charge in [0.2, 0.25) is 0 Å². The molecule has 5 N–H and O–H groups in total. The van der Waals surface area contributed by atoms with Crippen molar-refractivity contribution in [2.24, 2.45) is 4.99 Å². The fraction of sp³-hybridized carbons (Fsp3) is 0.143. The van der Waals surface area contributed by atoms with Crippen LogP contribution in [0, 0.1) is 79.7 Å². The maximum absolute atomic E-state index is 10.1. The van der Waals surface area contributed by atoms with Crippen LogP contribution in [0.25, 0.3) is 45.0 Å². The van der Waals surface area contributed by atoms with Crippen molar-refractivity contribution in [1.82, 2.24) is 44.9 Å². The van der Waals surface area contributed by atoms with Crippen LogP contribution < -0.4 is 18.9 Å². The van der Waals surface area contributed by atoms with Crippen LogP contribution in [0.2, 0.25) is 0 Å². The second-order valence-corrected chi connectivity index (χ2v) is 26.0. The largest absolute Gasteiger partial charge is 0.507 e. The van der Waals surface area contributed by atoms with E-state index in [1.54, 1.807) is 80.5 Å². The second-order valence-electron chi connectivity index (χ2n) is 26.0. The Labute approximate surface area is 782 Å². The monoisotopic (exact) mass is 2390 g/mol. The Bertz CT molecular complexity index is 5130. The van der Waals surface area contributed by atoms with E-state index in [0.29, 0.717) is 11.8 Å². The van der Waals surface area contributed by atoms with Crippen molar-refractivity contribution < 1.29 is 144 Å². The molecule has 0 aliphatic rings. The van der Waals surface area contributed by atoms with E-state index >= 15 is 0 Å². The maximum Gasteiger partial charge on any atom is 0.354 e. The molecule has 27 heteroatoms. The number of carbonyl (C=O) groups excluding carboxylic acids is 1. The first-order chi connectivity index (χ1) is 58.6. The van der Waals surface area contributed by atoms with Crippen molar-refractivity contribution in [3.63, 3.8) is 0 Å². The fourth-order valence-electron chi connectivity index (χ4n) is 10.6. The molecule has 0 fully saturated rings. The number of aldehydes is 1. The molecule has 23 nitrogen and oxygen atoms in total. The summed E-state index contributed by atoms with van der Waals surface area (Å²) in [7, 11) is 4.38. The van der Waals surface area contributed by atoms with Gasteiger partial charge in [-0.25, -0.2) is 9.78 Å². The molecule has 15 aromatic rings. The number of aliphatic hydroxyl groups is 2. The normalized spacial score (nSPS) is 10.3. The summed E-state index contributed by atoms with van der Waals surface area (Å²) < 4.78 is 31.9. The first-order valence-corrected chi connectivity index (χ1v) is 37.8. The van der Waals surface area contributed by atoms with Crippen LogP contribution in [0.1, 0.15) is 78.4 Å². The van der Waals surface area contributed by atoms with Crippen molar-refractivity contribution in [3.8, 4) is 103 Å². The number of carboxylic acids is 1. The van der Waals surface area contributed by atoms with Gasteiger partial charge in [0.15, 0.2) is 18.9 Å². The number of carboxylic acid groups (broad SMARTS) is 1. The molecule has 0 spiro atoms. The molecule has 0 bridgehead atoms. The van der Waals surface area contributed by atoms with Crippen molar-refractivity contribution in [2.75, 3.05) is 21.3 Å². The summed E-state index contributed by atoms with van der Waals surface area (Å²) in [6.07, 6.45) is 8.95. The number of pyridine rings is 1. The number of aryl methyl sites for hydroxylation is 8.